The summed E-state index contributed by atoms with van der Waals surface area (Å²) in [6, 6.07) is 1.68. The van der Waals surface area contributed by atoms with E-state index in [4.69, 9.17) is 0 Å². The largest absolute Gasteiger partial charge is 0.478 e. The Morgan fingerprint density at radius 1 is 1.52 bits per heavy atom. The highest BCUT2D eigenvalue weighted by Gasteiger charge is 2.25. The average molecular weight is 286 g/mol. The van der Waals surface area contributed by atoms with E-state index >= 15 is 0 Å². The van der Waals surface area contributed by atoms with Gasteiger partial charge in [0.05, 0.1) is 16.6 Å². The van der Waals surface area contributed by atoms with Gasteiger partial charge in [0.2, 0.25) is 0 Å². The Kier molecular flexibility index (Phi) is 3.37. The summed E-state index contributed by atoms with van der Waals surface area (Å²) in [6.45, 7) is 4.90. The van der Waals surface area contributed by atoms with E-state index < -0.39 is 5.97 Å². The minimum Gasteiger partial charge on any atom is -0.478 e. The van der Waals surface area contributed by atoms with E-state index in [1.54, 1.807) is 6.07 Å². The Morgan fingerprint density at radius 2 is 2.33 bits per heavy atom. The number of aromatic carboxylic acids is 1. The Morgan fingerprint density at radius 3 is 2.95 bits per heavy atom. The quantitative estimate of drug-likeness (QED) is 0.905. The molecule has 0 spiro atoms. The van der Waals surface area contributed by atoms with E-state index in [-0.39, 0.29) is 17.5 Å². The minimum absolute atomic E-state index is 0.121. The van der Waals surface area contributed by atoms with Gasteiger partial charge in [-0.1, -0.05) is 6.08 Å². The molecule has 0 saturated carbocycles. The van der Waals surface area contributed by atoms with Crippen molar-refractivity contribution >= 4 is 17.0 Å². The molecule has 2 aromatic heterocycles. The Balaban J connectivity index is 2.29. The number of nitrogens with one attached hydrogen (secondary N) is 1. The maximum absolute atomic E-state index is 11.5. The van der Waals surface area contributed by atoms with Gasteiger partial charge in [-0.15, -0.1) is 0 Å². The molecular formula is C15H18N4O2. The molecule has 3 rings (SSSR count). The fourth-order valence-corrected chi connectivity index (χ4v) is 2.72. The molecule has 1 aliphatic heterocycles. The summed E-state index contributed by atoms with van der Waals surface area (Å²) < 4.78 is 1.81. The molecule has 1 aliphatic rings. The number of pyridine rings is 1. The lowest BCUT2D eigenvalue weighted by Crippen LogP contribution is -2.17. The normalized spacial score (nSPS) is 18.1. The monoisotopic (exact) mass is 286 g/mol. The van der Waals surface area contributed by atoms with Gasteiger partial charge in [0, 0.05) is 24.7 Å². The summed E-state index contributed by atoms with van der Waals surface area (Å²) in [5.41, 5.74) is 1.72. The SMILES string of the molecule is CC(C)n1nc(C2C=CNCC2)c2c(C(=O)O)ccnc21. The molecule has 0 bridgehead atoms. The van der Waals surface area contributed by atoms with Crippen molar-refractivity contribution in [1.82, 2.24) is 20.1 Å². The zero-order chi connectivity index (χ0) is 15.0. The second-order valence-corrected chi connectivity index (χ2v) is 5.49. The van der Waals surface area contributed by atoms with E-state index in [1.165, 1.54) is 6.20 Å². The molecular weight excluding hydrogens is 268 g/mol. The first-order valence-electron chi connectivity index (χ1n) is 7.10. The minimum atomic E-state index is -0.940. The molecule has 0 saturated heterocycles. The number of nitrogens with zero attached hydrogens (tertiary/aromatic N) is 3. The highest BCUT2D eigenvalue weighted by atomic mass is 16.4. The van der Waals surface area contributed by atoms with E-state index in [9.17, 15) is 9.90 Å². The van der Waals surface area contributed by atoms with E-state index in [0.29, 0.717) is 11.0 Å². The van der Waals surface area contributed by atoms with Crippen molar-refractivity contribution in [2.75, 3.05) is 6.54 Å². The zero-order valence-electron chi connectivity index (χ0n) is 12.1. The molecule has 21 heavy (non-hydrogen) atoms. The summed E-state index contributed by atoms with van der Waals surface area (Å²) in [5.74, 6) is -0.819. The molecule has 110 valence electrons. The van der Waals surface area contributed by atoms with Crippen LogP contribution in [0.2, 0.25) is 0 Å². The Labute approximate surface area is 122 Å². The van der Waals surface area contributed by atoms with Crippen LogP contribution in [-0.2, 0) is 0 Å². The van der Waals surface area contributed by atoms with Crippen molar-refractivity contribution in [3.8, 4) is 0 Å². The number of hydrogen-bond donors (Lipinski definition) is 2. The lowest BCUT2D eigenvalue weighted by atomic mass is 9.95. The first-order valence-corrected chi connectivity index (χ1v) is 7.10. The number of fused-ring (bicyclic) bond motifs is 1. The standard InChI is InChI=1S/C15H18N4O2/c1-9(2)19-14-12(11(15(20)21)5-8-17-14)13(18-19)10-3-6-16-7-4-10/h3,5-6,8-10,16H,4,7H2,1-2H3,(H,20,21). The molecule has 6 nitrogen and oxygen atoms in total. The van der Waals surface area contributed by atoms with Crippen LogP contribution in [-0.4, -0.2) is 32.4 Å². The van der Waals surface area contributed by atoms with Gasteiger partial charge in [-0.05, 0) is 32.5 Å². The van der Waals surface area contributed by atoms with Crippen molar-refractivity contribution in [3.05, 3.63) is 35.8 Å². The topological polar surface area (TPSA) is 80.0 Å². The van der Waals surface area contributed by atoms with Gasteiger partial charge >= 0.3 is 5.97 Å². The second kappa shape index (κ2) is 5.20. The summed E-state index contributed by atoms with van der Waals surface area (Å²) >= 11 is 0. The van der Waals surface area contributed by atoms with Crippen LogP contribution < -0.4 is 5.32 Å². The number of carbonyl (C=O) groups is 1. The molecule has 0 radical (unpaired) electrons. The van der Waals surface area contributed by atoms with Gasteiger partial charge in [-0.25, -0.2) is 14.5 Å². The molecule has 1 unspecified atom stereocenters. The van der Waals surface area contributed by atoms with E-state index in [0.717, 1.165) is 18.7 Å². The third-order valence-corrected chi connectivity index (χ3v) is 3.74. The fraction of sp³-hybridized carbons (Fsp3) is 0.400. The number of aromatic nitrogens is 3. The van der Waals surface area contributed by atoms with Gasteiger partial charge in [0.25, 0.3) is 0 Å². The maximum Gasteiger partial charge on any atom is 0.336 e. The van der Waals surface area contributed by atoms with Crippen LogP contribution in [0.3, 0.4) is 0 Å². The summed E-state index contributed by atoms with van der Waals surface area (Å²) in [5, 5.41) is 17.9. The van der Waals surface area contributed by atoms with Crippen LogP contribution in [0.25, 0.3) is 11.0 Å². The summed E-state index contributed by atoms with van der Waals surface area (Å²) in [4.78, 5) is 15.9. The van der Waals surface area contributed by atoms with Gasteiger partial charge < -0.3 is 10.4 Å². The predicted molar refractivity (Wildman–Crippen MR) is 79.4 cm³/mol. The number of hydrogen-bond acceptors (Lipinski definition) is 4. The molecule has 0 fully saturated rings. The van der Waals surface area contributed by atoms with E-state index in [1.807, 2.05) is 30.8 Å². The molecule has 6 heteroatoms. The molecule has 0 aromatic carbocycles. The van der Waals surface area contributed by atoms with Gasteiger partial charge in [-0.3, -0.25) is 0 Å². The first kappa shape index (κ1) is 13.6. The highest BCUT2D eigenvalue weighted by Crippen LogP contribution is 2.32. The lowest BCUT2D eigenvalue weighted by molar-refractivity contribution is 0.0699. The molecule has 0 amide bonds. The second-order valence-electron chi connectivity index (χ2n) is 5.49. The van der Waals surface area contributed by atoms with E-state index in [2.05, 4.69) is 15.4 Å². The van der Waals surface area contributed by atoms with Crippen LogP contribution in [0.4, 0.5) is 0 Å². The Hall–Kier alpha value is -2.37. The molecule has 3 heterocycles. The van der Waals surface area contributed by atoms with Crippen LogP contribution in [0.5, 0.6) is 0 Å². The lowest BCUT2D eigenvalue weighted by Gasteiger charge is -2.16. The van der Waals surface area contributed by atoms with Crippen molar-refractivity contribution < 1.29 is 9.90 Å². The predicted octanol–water partition coefficient (Wildman–Crippen LogP) is 2.30. The number of carboxylic acid groups (broad SMARTS) is 1. The van der Waals surface area contributed by atoms with Crippen molar-refractivity contribution in [3.63, 3.8) is 0 Å². The highest BCUT2D eigenvalue weighted by molar-refractivity contribution is 6.03. The van der Waals surface area contributed by atoms with Crippen LogP contribution in [0.1, 0.15) is 48.3 Å². The maximum atomic E-state index is 11.5. The van der Waals surface area contributed by atoms with Crippen LogP contribution in [0.15, 0.2) is 24.5 Å². The number of carboxylic acids is 1. The summed E-state index contributed by atoms with van der Waals surface area (Å²) in [6.07, 6.45) is 6.38. The van der Waals surface area contributed by atoms with Crippen molar-refractivity contribution in [2.45, 2.75) is 32.2 Å². The van der Waals surface area contributed by atoms with Crippen molar-refractivity contribution in [1.29, 1.82) is 0 Å². The first-order chi connectivity index (χ1) is 10.1. The van der Waals surface area contributed by atoms with Crippen LogP contribution >= 0.6 is 0 Å². The van der Waals surface area contributed by atoms with Gasteiger partial charge in [0.1, 0.15) is 0 Å². The smallest absolute Gasteiger partial charge is 0.336 e. The van der Waals surface area contributed by atoms with Crippen molar-refractivity contribution in [2.24, 2.45) is 0 Å². The third-order valence-electron chi connectivity index (χ3n) is 3.74. The molecule has 2 N–H and O–H groups in total. The molecule has 0 aliphatic carbocycles. The average Bonchev–Trinajstić information content (AvgIpc) is 2.87. The zero-order valence-corrected chi connectivity index (χ0v) is 12.1. The van der Waals surface area contributed by atoms with Gasteiger partial charge in [0.15, 0.2) is 5.65 Å². The molecule has 1 atom stereocenters. The Bertz CT molecular complexity index is 718. The summed E-state index contributed by atoms with van der Waals surface area (Å²) in [7, 11) is 0. The molecule has 2 aromatic rings. The van der Waals surface area contributed by atoms with Crippen LogP contribution in [0, 0.1) is 0 Å². The fourth-order valence-electron chi connectivity index (χ4n) is 2.72. The number of rotatable bonds is 3. The third kappa shape index (κ3) is 2.26. The van der Waals surface area contributed by atoms with Gasteiger partial charge in [-0.2, -0.15) is 5.10 Å². The number of allylic oxidation sites excluding steroid dienone is 1.